The number of aromatic hydroxyl groups is 1. The van der Waals surface area contributed by atoms with Crippen molar-refractivity contribution >= 4 is 57.9 Å². The summed E-state index contributed by atoms with van der Waals surface area (Å²) >= 11 is 2.00. The molecule has 19 heteroatoms. The van der Waals surface area contributed by atoms with E-state index >= 15 is 0 Å². The van der Waals surface area contributed by atoms with E-state index in [2.05, 4.69) is 24.8 Å². The lowest BCUT2D eigenvalue weighted by molar-refractivity contribution is -0.885. The van der Waals surface area contributed by atoms with E-state index in [0.29, 0.717) is 28.7 Å². The minimum absolute atomic E-state index is 0.000622. The van der Waals surface area contributed by atoms with Crippen LogP contribution in [-0.2, 0) is 30.4 Å². The van der Waals surface area contributed by atoms with Crippen LogP contribution in [0.3, 0.4) is 0 Å². The smallest absolute Gasteiger partial charge is 0.350 e. The molecule has 2 aliphatic heterocycles. The molecule has 2 aromatic rings. The Balaban J connectivity index is 1.50. The number of carbonyl (C=O) groups is 4. The van der Waals surface area contributed by atoms with Crippen LogP contribution in [0.25, 0.3) is 0 Å². The highest BCUT2D eigenvalue weighted by atomic mass is 32.2. The van der Waals surface area contributed by atoms with Crippen molar-refractivity contribution in [2.75, 3.05) is 38.7 Å². The number of anilines is 1. The number of oxime groups is 1. The zero-order valence-electron chi connectivity index (χ0n) is 24.0. The molecule has 0 aromatic carbocycles. The molecule has 0 bridgehead atoms. The van der Waals surface area contributed by atoms with Gasteiger partial charge in [-0.05, 0) is 13.8 Å². The summed E-state index contributed by atoms with van der Waals surface area (Å²) in [5, 5.41) is 36.4. The molecule has 0 saturated carbocycles. The molecule has 6 N–H and O–H groups in total. The normalized spacial score (nSPS) is 18.9. The van der Waals surface area contributed by atoms with Gasteiger partial charge in [0.2, 0.25) is 22.6 Å². The third-order valence-electron chi connectivity index (χ3n) is 6.83. The number of pyridine rings is 1. The number of nitrogens with two attached hydrogens (primary N) is 1. The van der Waals surface area contributed by atoms with Gasteiger partial charge in [0.15, 0.2) is 10.9 Å². The molecule has 2 aliphatic rings. The average Bonchev–Trinajstić information content (AvgIpc) is 3.37. The van der Waals surface area contributed by atoms with Gasteiger partial charge < -0.3 is 45.5 Å². The molecule has 4 heterocycles. The van der Waals surface area contributed by atoms with Gasteiger partial charge in [0.05, 0.1) is 32.3 Å². The summed E-state index contributed by atoms with van der Waals surface area (Å²) in [4.78, 5) is 74.7. The lowest BCUT2D eigenvalue weighted by atomic mass is 10.0. The van der Waals surface area contributed by atoms with Crippen molar-refractivity contribution in [3.63, 3.8) is 0 Å². The number of hydrogen-bond acceptors (Lipinski definition) is 14. The van der Waals surface area contributed by atoms with Gasteiger partial charge in [0.25, 0.3) is 11.8 Å². The van der Waals surface area contributed by atoms with Gasteiger partial charge >= 0.3 is 5.97 Å². The number of aliphatic carboxylic acids is 2. The number of fused-ring (bicyclic) bond motifs is 1. The number of rotatable bonds is 12. The number of aromatic amines is 1. The number of aromatic nitrogens is 3. The second kappa shape index (κ2) is 12.2. The predicted octanol–water partition coefficient (Wildman–Crippen LogP) is -2.18. The molecule has 44 heavy (non-hydrogen) atoms. The zero-order valence-corrected chi connectivity index (χ0v) is 25.7. The third kappa shape index (κ3) is 6.84. The number of likely N-dealkylation sites (N-methyl/N-ethyl adjacent to an activating group) is 1. The molecular weight excluding hydrogens is 620 g/mol. The van der Waals surface area contributed by atoms with Gasteiger partial charge in [0.1, 0.15) is 18.0 Å². The highest BCUT2D eigenvalue weighted by Crippen LogP contribution is 2.40. The van der Waals surface area contributed by atoms with Crippen molar-refractivity contribution in [2.45, 2.75) is 37.3 Å². The fourth-order valence-corrected chi connectivity index (χ4v) is 6.16. The van der Waals surface area contributed by atoms with Crippen molar-refractivity contribution in [1.82, 2.24) is 24.6 Å². The Hall–Kier alpha value is -4.49. The largest absolute Gasteiger partial charge is 0.543 e. The van der Waals surface area contributed by atoms with Gasteiger partial charge in [-0.3, -0.25) is 19.3 Å². The van der Waals surface area contributed by atoms with Gasteiger partial charge in [-0.1, -0.05) is 5.16 Å². The number of quaternary nitrogens is 1. The van der Waals surface area contributed by atoms with E-state index in [0.717, 1.165) is 16.4 Å². The van der Waals surface area contributed by atoms with Crippen molar-refractivity contribution in [3.8, 4) is 5.75 Å². The van der Waals surface area contributed by atoms with Gasteiger partial charge in [-0.2, -0.15) is 9.36 Å². The molecule has 1 saturated heterocycles. The summed E-state index contributed by atoms with van der Waals surface area (Å²) in [6.07, 6.45) is 1.64. The quantitative estimate of drug-likeness (QED) is 0.0710. The Kier molecular flexibility index (Phi) is 9.03. The van der Waals surface area contributed by atoms with Crippen LogP contribution in [0.1, 0.15) is 25.4 Å². The fraction of sp³-hybridized carbons (Fsp3) is 0.440. The van der Waals surface area contributed by atoms with Crippen LogP contribution in [-0.4, -0.2) is 113 Å². The third-order valence-corrected chi connectivity index (χ3v) is 8.72. The molecule has 1 fully saturated rings. The number of thioether (sulfide) groups is 1. The highest BCUT2D eigenvalue weighted by Gasteiger charge is 2.53. The lowest BCUT2D eigenvalue weighted by Gasteiger charge is -2.51. The van der Waals surface area contributed by atoms with E-state index < -0.39 is 57.7 Å². The summed E-state index contributed by atoms with van der Waals surface area (Å²) in [6.45, 7) is 3.16. The number of H-pyrrole nitrogens is 1. The van der Waals surface area contributed by atoms with Gasteiger partial charge in [-0.15, -0.1) is 11.8 Å². The SMILES string of the molecule is CC(C)(O/N=C(\C(=O)N[C@@H]1C(=O)N2C(C(=O)[O-])=C(C[N+](C)(C)CCc3cc(=O)c(O)c[nH]3)CS[C@H]12)c1nsc(N)n1)C(=O)O. The molecule has 2 amide bonds. The number of amides is 2. The Morgan fingerprint density at radius 1 is 1.34 bits per heavy atom. The molecular formula is C25H30N8O9S2. The van der Waals surface area contributed by atoms with E-state index in [1.807, 2.05) is 14.1 Å². The number of carbonyl (C=O) groups excluding carboxylic acids is 3. The number of hydrogen-bond donors (Lipinski definition) is 5. The van der Waals surface area contributed by atoms with Crippen molar-refractivity contribution in [2.24, 2.45) is 5.16 Å². The number of carboxylic acids is 2. The van der Waals surface area contributed by atoms with Crippen LogP contribution in [0.5, 0.6) is 5.75 Å². The minimum atomic E-state index is -1.81. The monoisotopic (exact) mass is 650 g/mol. The first-order valence-electron chi connectivity index (χ1n) is 13.0. The number of carboxylic acid groups (broad SMARTS) is 2. The summed E-state index contributed by atoms with van der Waals surface area (Å²) in [5.41, 5.74) is 3.56. The predicted molar refractivity (Wildman–Crippen MR) is 155 cm³/mol. The van der Waals surface area contributed by atoms with E-state index in [9.17, 15) is 39.3 Å². The van der Waals surface area contributed by atoms with E-state index in [4.69, 9.17) is 10.6 Å². The lowest BCUT2D eigenvalue weighted by Crippen LogP contribution is -2.71. The first-order chi connectivity index (χ1) is 20.5. The summed E-state index contributed by atoms with van der Waals surface area (Å²) in [6, 6.07) is 0.148. The number of nitrogens with zero attached hydrogens (tertiary/aromatic N) is 5. The van der Waals surface area contributed by atoms with Crippen LogP contribution < -0.4 is 21.6 Å². The van der Waals surface area contributed by atoms with E-state index in [-0.39, 0.29) is 29.0 Å². The van der Waals surface area contributed by atoms with Gasteiger partial charge in [0, 0.05) is 47.2 Å². The zero-order chi connectivity index (χ0) is 32.6. The van der Waals surface area contributed by atoms with Crippen LogP contribution in [0.4, 0.5) is 5.13 Å². The highest BCUT2D eigenvalue weighted by molar-refractivity contribution is 8.00. The van der Waals surface area contributed by atoms with Crippen molar-refractivity contribution in [1.29, 1.82) is 0 Å². The van der Waals surface area contributed by atoms with Crippen LogP contribution in [0.2, 0.25) is 0 Å². The Morgan fingerprint density at radius 2 is 2.05 bits per heavy atom. The van der Waals surface area contributed by atoms with Crippen LogP contribution in [0.15, 0.2) is 33.5 Å². The Labute approximate surface area is 258 Å². The van der Waals surface area contributed by atoms with Gasteiger partial charge in [-0.25, -0.2) is 4.79 Å². The maximum atomic E-state index is 13.2. The maximum absolute atomic E-state index is 13.2. The number of β-lactam (4-membered cyclic amide) rings is 1. The second-order valence-corrected chi connectivity index (χ2v) is 13.1. The molecule has 17 nitrogen and oxygen atoms in total. The molecule has 2 atom stereocenters. The molecule has 0 unspecified atom stereocenters. The molecule has 0 radical (unpaired) electrons. The first kappa shape index (κ1) is 32.4. The molecule has 2 aromatic heterocycles. The summed E-state index contributed by atoms with van der Waals surface area (Å²) in [5.74, 6) is -4.97. The fourth-order valence-electron chi connectivity index (χ4n) is 4.39. The maximum Gasteiger partial charge on any atom is 0.350 e. The molecule has 4 rings (SSSR count). The summed E-state index contributed by atoms with van der Waals surface area (Å²) < 4.78 is 4.22. The summed E-state index contributed by atoms with van der Waals surface area (Å²) in [7, 11) is 3.73. The average molecular weight is 651 g/mol. The van der Waals surface area contributed by atoms with E-state index in [1.165, 1.54) is 37.9 Å². The molecule has 0 aliphatic carbocycles. The number of nitrogens with one attached hydrogen (secondary N) is 2. The first-order valence-corrected chi connectivity index (χ1v) is 14.8. The Bertz CT molecular complexity index is 1630. The standard InChI is InChI=1S/C25H30N8O9S2/c1-25(2,23(40)41)42-30-15(18-29-24(26)44-31-18)19(36)28-16-20(37)32-17(22(38)39)11(10-43-21(16)32)9-33(3,4)6-5-12-7-13(34)14(35)8-27-12/h7-8,16,21H,5-6,9-10H2,1-4H3,(H6-,26,27,28,29,30,31,34,35,36,38,39,40,41)/t16-,21-/m1/s1. The van der Waals surface area contributed by atoms with E-state index in [1.54, 1.807) is 0 Å². The second-order valence-electron chi connectivity index (χ2n) is 11.2. The minimum Gasteiger partial charge on any atom is -0.543 e. The van der Waals surface area contributed by atoms with Crippen LogP contribution in [0, 0.1) is 0 Å². The molecule has 0 spiro atoms. The number of nitrogen functional groups attached to an aromatic ring is 1. The van der Waals surface area contributed by atoms with Crippen LogP contribution >= 0.6 is 23.3 Å². The Morgan fingerprint density at radius 3 is 2.64 bits per heavy atom. The topological polar surface area (TPSA) is 253 Å². The molecule has 236 valence electrons. The van der Waals surface area contributed by atoms with Crippen molar-refractivity contribution < 1.29 is 43.8 Å². The van der Waals surface area contributed by atoms with Crippen molar-refractivity contribution in [3.05, 3.63) is 45.3 Å².